The number of nitrogens with one attached hydrogen (secondary N) is 1. The minimum Gasteiger partial charge on any atom is -0.372 e. The highest BCUT2D eigenvalue weighted by Crippen LogP contribution is 2.41. The Kier molecular flexibility index (Phi) is 5.95. The molecule has 1 amide bonds. The molecule has 1 fully saturated rings. The molecule has 28 heavy (non-hydrogen) atoms. The van der Waals surface area contributed by atoms with Crippen molar-refractivity contribution >= 4 is 34.5 Å². The van der Waals surface area contributed by atoms with Gasteiger partial charge in [-0.2, -0.15) is 0 Å². The van der Waals surface area contributed by atoms with Gasteiger partial charge >= 0.3 is 0 Å². The fourth-order valence-corrected chi connectivity index (χ4v) is 3.73. The first kappa shape index (κ1) is 20.2. The monoisotopic (exact) mass is 394 g/mol. The lowest BCUT2D eigenvalue weighted by atomic mass is 9.97. The van der Waals surface area contributed by atoms with Crippen molar-refractivity contribution in [1.29, 1.82) is 0 Å². The van der Waals surface area contributed by atoms with Crippen LogP contribution in [0.15, 0.2) is 54.6 Å². The van der Waals surface area contributed by atoms with E-state index in [1.165, 1.54) is 18.5 Å². The molecule has 1 aliphatic carbocycles. The molecule has 0 radical (unpaired) electrons. The molecule has 1 N–H and O–H groups in total. The Balaban J connectivity index is 0.000000706. The average Bonchev–Trinajstić information content (AvgIpc) is 3.44. The zero-order valence-electron chi connectivity index (χ0n) is 17.0. The molecule has 0 aromatic heterocycles. The number of benzene rings is 2. The molecule has 0 atom stereocenters. The molecule has 2 aromatic rings. The van der Waals surface area contributed by atoms with Crippen LogP contribution in [0, 0.1) is 0 Å². The van der Waals surface area contributed by atoms with E-state index in [-0.39, 0.29) is 5.91 Å². The van der Waals surface area contributed by atoms with E-state index in [0.29, 0.717) is 11.1 Å². The Morgan fingerprint density at radius 2 is 1.79 bits per heavy atom. The largest absolute Gasteiger partial charge is 0.372 e. The predicted octanol–water partition coefficient (Wildman–Crippen LogP) is 6.54. The summed E-state index contributed by atoms with van der Waals surface area (Å²) in [5.74, 6) is -0.0513. The van der Waals surface area contributed by atoms with Gasteiger partial charge in [-0.05, 0) is 63.4 Å². The summed E-state index contributed by atoms with van der Waals surface area (Å²) in [4.78, 5) is 14.5. The Morgan fingerprint density at radius 1 is 1.18 bits per heavy atom. The summed E-state index contributed by atoms with van der Waals surface area (Å²) in [6.45, 7) is 9.17. The minimum atomic E-state index is -0.0513. The number of nitrogens with zero attached hydrogens (tertiary/aromatic N) is 1. The lowest BCUT2D eigenvalue weighted by Gasteiger charge is -2.19. The second-order valence-electron chi connectivity index (χ2n) is 7.50. The van der Waals surface area contributed by atoms with Crippen LogP contribution in [-0.2, 0) is 4.79 Å². The molecule has 3 nitrogen and oxygen atoms in total. The van der Waals surface area contributed by atoms with Gasteiger partial charge in [0.15, 0.2) is 0 Å². The second-order valence-corrected chi connectivity index (χ2v) is 7.91. The van der Waals surface area contributed by atoms with E-state index in [0.717, 1.165) is 33.5 Å². The molecule has 4 heteroatoms. The summed E-state index contributed by atoms with van der Waals surface area (Å²) in [7, 11) is 2.15. The maximum atomic E-state index is 12.2. The maximum Gasteiger partial charge on any atom is 0.256 e. The standard InChI is InChI=1S/C21H21ClN2O.C3H6/c1-12(2)20-17-10-16(18(22)11-19(17)23-21(20)25)13-4-6-14(7-5-13)24(3)15-8-9-15;1-3-2/h4-7,10-11,15H,8-9H2,1-3H3,(H,23,25);3H,1H2,2H3. The minimum absolute atomic E-state index is 0.0513. The number of fused-ring (bicyclic) bond motifs is 1. The van der Waals surface area contributed by atoms with Gasteiger partial charge in [-0.15, -0.1) is 6.58 Å². The van der Waals surface area contributed by atoms with E-state index in [1.807, 2.05) is 32.9 Å². The number of hydrogen-bond acceptors (Lipinski definition) is 2. The van der Waals surface area contributed by atoms with Crippen molar-refractivity contribution in [3.05, 3.63) is 65.2 Å². The van der Waals surface area contributed by atoms with Crippen LogP contribution >= 0.6 is 11.6 Å². The van der Waals surface area contributed by atoms with Crippen LogP contribution < -0.4 is 10.2 Å². The number of hydrogen-bond donors (Lipinski definition) is 1. The van der Waals surface area contributed by atoms with Gasteiger partial charge in [-0.25, -0.2) is 0 Å². The van der Waals surface area contributed by atoms with Gasteiger partial charge in [-0.3, -0.25) is 4.79 Å². The molecule has 0 bridgehead atoms. The van der Waals surface area contributed by atoms with Crippen LogP contribution in [0.3, 0.4) is 0 Å². The molecule has 2 aliphatic rings. The highest BCUT2D eigenvalue weighted by Gasteiger charge is 2.28. The van der Waals surface area contributed by atoms with E-state index in [9.17, 15) is 4.79 Å². The summed E-state index contributed by atoms with van der Waals surface area (Å²) in [5.41, 5.74) is 6.72. The lowest BCUT2D eigenvalue weighted by Crippen LogP contribution is -2.18. The molecule has 0 unspecified atom stereocenters. The number of carbonyl (C=O) groups is 1. The van der Waals surface area contributed by atoms with Crippen LogP contribution in [0.25, 0.3) is 16.7 Å². The SMILES string of the molecule is C=CC.CC(C)=C1C(=O)Nc2cc(Cl)c(-c3ccc(N(C)C4CC4)cc3)cc21. The zero-order chi connectivity index (χ0) is 20.4. The average molecular weight is 395 g/mol. The van der Waals surface area contributed by atoms with Crippen LogP contribution in [0.4, 0.5) is 11.4 Å². The van der Waals surface area contributed by atoms with Gasteiger partial charge in [0, 0.05) is 35.5 Å². The van der Waals surface area contributed by atoms with Crippen molar-refractivity contribution in [2.75, 3.05) is 17.3 Å². The first-order chi connectivity index (χ1) is 13.4. The van der Waals surface area contributed by atoms with Crippen molar-refractivity contribution in [3.8, 4) is 11.1 Å². The topological polar surface area (TPSA) is 32.3 Å². The molecule has 1 saturated carbocycles. The number of allylic oxidation sites excluding steroid dienone is 2. The molecule has 146 valence electrons. The van der Waals surface area contributed by atoms with Crippen molar-refractivity contribution < 1.29 is 4.79 Å². The van der Waals surface area contributed by atoms with E-state index in [4.69, 9.17) is 11.6 Å². The molecular formula is C24H27ClN2O. The first-order valence-corrected chi connectivity index (χ1v) is 9.98. The summed E-state index contributed by atoms with van der Waals surface area (Å²) in [6.07, 6.45) is 4.31. The van der Waals surface area contributed by atoms with Gasteiger partial charge in [0.05, 0.1) is 10.7 Å². The van der Waals surface area contributed by atoms with Crippen LogP contribution in [0.2, 0.25) is 5.02 Å². The van der Waals surface area contributed by atoms with Gasteiger partial charge in [0.25, 0.3) is 5.91 Å². The predicted molar refractivity (Wildman–Crippen MR) is 121 cm³/mol. The maximum absolute atomic E-state index is 12.2. The normalized spacial score (nSPS) is 14.6. The molecule has 4 rings (SSSR count). The van der Waals surface area contributed by atoms with Gasteiger partial charge in [0.1, 0.15) is 0 Å². The van der Waals surface area contributed by atoms with E-state index >= 15 is 0 Å². The molecule has 1 aliphatic heterocycles. The molecule has 0 spiro atoms. The Bertz CT molecular complexity index is 936. The van der Waals surface area contributed by atoms with Crippen molar-refractivity contribution in [2.45, 2.75) is 39.7 Å². The van der Waals surface area contributed by atoms with E-state index in [1.54, 1.807) is 6.08 Å². The third-order valence-corrected chi connectivity index (χ3v) is 5.34. The van der Waals surface area contributed by atoms with E-state index < -0.39 is 0 Å². The molecule has 2 aromatic carbocycles. The Labute approximate surface area is 172 Å². The fourth-order valence-electron chi connectivity index (χ4n) is 3.46. The number of anilines is 2. The molecular weight excluding hydrogens is 368 g/mol. The van der Waals surface area contributed by atoms with Crippen molar-refractivity contribution in [3.63, 3.8) is 0 Å². The Morgan fingerprint density at radius 3 is 2.32 bits per heavy atom. The third kappa shape index (κ3) is 4.00. The van der Waals surface area contributed by atoms with Gasteiger partial charge in [0.2, 0.25) is 0 Å². The molecule has 0 saturated heterocycles. The van der Waals surface area contributed by atoms with E-state index in [2.05, 4.69) is 48.1 Å². The van der Waals surface area contributed by atoms with Gasteiger partial charge in [-0.1, -0.05) is 35.4 Å². The van der Waals surface area contributed by atoms with Gasteiger partial charge < -0.3 is 10.2 Å². The van der Waals surface area contributed by atoms with Crippen LogP contribution in [0.5, 0.6) is 0 Å². The second kappa shape index (κ2) is 8.24. The smallest absolute Gasteiger partial charge is 0.256 e. The highest BCUT2D eigenvalue weighted by molar-refractivity contribution is 6.36. The number of carbonyl (C=O) groups excluding carboxylic acids is 1. The zero-order valence-corrected chi connectivity index (χ0v) is 17.7. The molecule has 1 heterocycles. The van der Waals surface area contributed by atoms with Crippen molar-refractivity contribution in [1.82, 2.24) is 0 Å². The number of rotatable bonds is 3. The van der Waals surface area contributed by atoms with Crippen LogP contribution in [-0.4, -0.2) is 19.0 Å². The van der Waals surface area contributed by atoms with Crippen LogP contribution in [0.1, 0.15) is 39.2 Å². The summed E-state index contributed by atoms with van der Waals surface area (Å²) >= 11 is 6.50. The fraction of sp³-hybridized carbons (Fsp3) is 0.292. The Hall–Kier alpha value is -2.52. The summed E-state index contributed by atoms with van der Waals surface area (Å²) in [5, 5.41) is 3.55. The number of amides is 1. The quantitative estimate of drug-likeness (QED) is 0.473. The summed E-state index contributed by atoms with van der Waals surface area (Å²) in [6, 6.07) is 13.1. The summed E-state index contributed by atoms with van der Waals surface area (Å²) < 4.78 is 0. The first-order valence-electron chi connectivity index (χ1n) is 9.60. The number of halogens is 1. The highest BCUT2D eigenvalue weighted by atomic mass is 35.5. The lowest BCUT2D eigenvalue weighted by molar-refractivity contribution is -0.110. The third-order valence-electron chi connectivity index (χ3n) is 5.03. The van der Waals surface area contributed by atoms with Crippen molar-refractivity contribution in [2.24, 2.45) is 0 Å².